The number of fused-ring (bicyclic) bond motifs is 1. The largest absolute Gasteiger partial charge is 0.494 e. The Labute approximate surface area is 204 Å². The maximum Gasteiger partial charge on any atom is 0.256 e. The third kappa shape index (κ3) is 5.85. The van der Waals surface area contributed by atoms with Crippen LogP contribution in [0.3, 0.4) is 0 Å². The second-order valence-corrected chi connectivity index (χ2v) is 8.62. The fourth-order valence-corrected chi connectivity index (χ4v) is 4.33. The van der Waals surface area contributed by atoms with E-state index in [-0.39, 0.29) is 24.1 Å². The number of rotatable bonds is 9. The summed E-state index contributed by atoms with van der Waals surface area (Å²) in [5, 5.41) is 5.71. The zero-order valence-corrected chi connectivity index (χ0v) is 20.1. The van der Waals surface area contributed by atoms with Gasteiger partial charge in [0.25, 0.3) is 5.91 Å². The molecule has 2 heterocycles. The van der Waals surface area contributed by atoms with Crippen molar-refractivity contribution in [2.24, 2.45) is 0 Å². The molecular weight excluding hydrogens is 450 g/mol. The number of nitrogens with zero attached hydrogens (tertiary/aromatic N) is 1. The molecule has 0 atom stereocenters. The van der Waals surface area contributed by atoms with Crippen LogP contribution in [0.5, 0.6) is 17.2 Å². The van der Waals surface area contributed by atoms with Crippen molar-refractivity contribution in [1.82, 2.24) is 4.90 Å². The fraction of sp³-hybridized carbons (Fsp3) is 0.423. The number of likely N-dealkylation sites (tertiary alicyclic amines) is 1. The van der Waals surface area contributed by atoms with Gasteiger partial charge in [0.1, 0.15) is 5.75 Å². The molecule has 1 saturated heterocycles. The van der Waals surface area contributed by atoms with Gasteiger partial charge in [-0.15, -0.1) is 0 Å². The lowest BCUT2D eigenvalue weighted by Crippen LogP contribution is -2.29. The molecule has 0 aromatic heterocycles. The first-order valence-electron chi connectivity index (χ1n) is 11.9. The van der Waals surface area contributed by atoms with E-state index in [1.807, 2.05) is 18.2 Å². The van der Waals surface area contributed by atoms with Crippen molar-refractivity contribution in [1.29, 1.82) is 0 Å². The molecule has 0 spiro atoms. The first kappa shape index (κ1) is 24.4. The summed E-state index contributed by atoms with van der Waals surface area (Å²) < 4.78 is 16.5. The number of hydrogen-bond acceptors (Lipinski definition) is 6. The molecule has 3 amide bonds. The van der Waals surface area contributed by atoms with Crippen LogP contribution in [0, 0.1) is 0 Å². The quantitative estimate of drug-likeness (QED) is 0.530. The van der Waals surface area contributed by atoms with Crippen molar-refractivity contribution in [3.05, 3.63) is 41.5 Å². The van der Waals surface area contributed by atoms with Gasteiger partial charge in [0, 0.05) is 37.7 Å². The Morgan fingerprint density at radius 2 is 1.77 bits per heavy atom. The monoisotopic (exact) mass is 481 g/mol. The van der Waals surface area contributed by atoms with Gasteiger partial charge in [0.2, 0.25) is 11.8 Å². The minimum Gasteiger partial charge on any atom is -0.494 e. The second kappa shape index (κ2) is 11.1. The van der Waals surface area contributed by atoms with Gasteiger partial charge in [-0.25, -0.2) is 0 Å². The second-order valence-electron chi connectivity index (χ2n) is 8.62. The Morgan fingerprint density at radius 1 is 1.03 bits per heavy atom. The van der Waals surface area contributed by atoms with Crippen LogP contribution in [-0.2, 0) is 16.0 Å². The van der Waals surface area contributed by atoms with Crippen LogP contribution < -0.4 is 24.8 Å². The smallest absolute Gasteiger partial charge is 0.256 e. The lowest BCUT2D eigenvalue weighted by molar-refractivity contribution is -0.117. The molecule has 2 aliphatic rings. The van der Waals surface area contributed by atoms with Crippen molar-refractivity contribution in [2.45, 2.75) is 38.5 Å². The Hall–Kier alpha value is -3.75. The number of methoxy groups -OCH3 is 2. The molecule has 4 rings (SSSR count). The average molecular weight is 482 g/mol. The molecule has 9 nitrogen and oxygen atoms in total. The van der Waals surface area contributed by atoms with Gasteiger partial charge in [-0.05, 0) is 55.5 Å². The van der Waals surface area contributed by atoms with Crippen LogP contribution in [0.1, 0.15) is 48.0 Å². The topological polar surface area (TPSA) is 106 Å². The molecule has 35 heavy (non-hydrogen) atoms. The number of anilines is 2. The van der Waals surface area contributed by atoms with Gasteiger partial charge >= 0.3 is 0 Å². The van der Waals surface area contributed by atoms with E-state index in [0.717, 1.165) is 24.1 Å². The van der Waals surface area contributed by atoms with E-state index in [1.165, 1.54) is 14.2 Å². The Bertz CT molecular complexity index is 1110. The van der Waals surface area contributed by atoms with Gasteiger partial charge in [-0.2, -0.15) is 0 Å². The summed E-state index contributed by atoms with van der Waals surface area (Å²) in [5.41, 5.74) is 2.66. The van der Waals surface area contributed by atoms with Crippen LogP contribution >= 0.6 is 0 Å². The number of carbonyl (C=O) groups excluding carboxylic acids is 3. The normalized spacial score (nSPS) is 14.7. The molecule has 2 N–H and O–H groups in total. The van der Waals surface area contributed by atoms with E-state index in [0.29, 0.717) is 67.5 Å². The van der Waals surface area contributed by atoms with Crippen molar-refractivity contribution >= 4 is 29.1 Å². The SMILES string of the molecule is COc1cc(NC(=O)CCCOc2ccc3c(c2)CCC(=O)N3)c(C(=O)N2CCCC2)cc1OC. The van der Waals surface area contributed by atoms with Crippen molar-refractivity contribution in [3.63, 3.8) is 0 Å². The van der Waals surface area contributed by atoms with Crippen LogP contribution in [0.25, 0.3) is 0 Å². The van der Waals surface area contributed by atoms with Gasteiger partial charge in [0.15, 0.2) is 11.5 Å². The van der Waals surface area contributed by atoms with Crippen molar-refractivity contribution in [3.8, 4) is 17.2 Å². The highest BCUT2D eigenvalue weighted by Crippen LogP contribution is 2.34. The van der Waals surface area contributed by atoms with Crippen molar-refractivity contribution < 1.29 is 28.6 Å². The molecule has 9 heteroatoms. The summed E-state index contributed by atoms with van der Waals surface area (Å²) in [4.78, 5) is 39.1. The standard InChI is InChI=1S/C26H31N3O6/c1-33-22-15-19(26(32)29-11-3-4-12-29)21(16-23(22)34-2)28-24(30)6-5-13-35-18-8-9-20-17(14-18)7-10-25(31)27-20/h8-9,14-16H,3-7,10-13H2,1-2H3,(H,27,31)(H,28,30). The molecule has 0 unspecified atom stereocenters. The van der Waals surface area contributed by atoms with E-state index in [4.69, 9.17) is 14.2 Å². The van der Waals surface area contributed by atoms with Crippen molar-refractivity contribution in [2.75, 3.05) is 44.5 Å². The molecule has 0 saturated carbocycles. The predicted octanol–water partition coefficient (Wildman–Crippen LogP) is 3.62. The first-order chi connectivity index (χ1) is 17.0. The zero-order valence-electron chi connectivity index (χ0n) is 20.1. The lowest BCUT2D eigenvalue weighted by atomic mass is 10.0. The van der Waals surface area contributed by atoms with E-state index < -0.39 is 0 Å². The summed E-state index contributed by atoms with van der Waals surface area (Å²) in [7, 11) is 3.02. The maximum atomic E-state index is 13.1. The number of benzene rings is 2. The minimum absolute atomic E-state index is 0.0250. The molecule has 0 aliphatic carbocycles. The van der Waals surface area contributed by atoms with Crippen LogP contribution in [-0.4, -0.2) is 56.5 Å². The predicted molar refractivity (Wildman–Crippen MR) is 131 cm³/mol. The van der Waals surface area contributed by atoms with E-state index in [2.05, 4.69) is 10.6 Å². The highest BCUT2D eigenvalue weighted by Gasteiger charge is 2.25. The minimum atomic E-state index is -0.218. The molecule has 186 valence electrons. The fourth-order valence-electron chi connectivity index (χ4n) is 4.33. The molecular formula is C26H31N3O6. The average Bonchev–Trinajstić information content (AvgIpc) is 3.41. The summed E-state index contributed by atoms with van der Waals surface area (Å²) >= 11 is 0. The number of carbonyl (C=O) groups is 3. The number of nitrogens with one attached hydrogen (secondary N) is 2. The highest BCUT2D eigenvalue weighted by atomic mass is 16.5. The van der Waals surface area contributed by atoms with Crippen LogP contribution in [0.15, 0.2) is 30.3 Å². The highest BCUT2D eigenvalue weighted by molar-refractivity contribution is 6.04. The van der Waals surface area contributed by atoms with Gasteiger partial charge in [-0.1, -0.05) is 0 Å². The Kier molecular flexibility index (Phi) is 7.74. The lowest BCUT2D eigenvalue weighted by Gasteiger charge is -2.20. The Morgan fingerprint density at radius 3 is 2.51 bits per heavy atom. The van der Waals surface area contributed by atoms with Gasteiger partial charge in [-0.3, -0.25) is 14.4 Å². The number of ether oxygens (including phenoxy) is 3. The number of aryl methyl sites for hydroxylation is 1. The summed E-state index contributed by atoms with van der Waals surface area (Å²) in [6, 6.07) is 8.82. The van der Waals surface area contributed by atoms with E-state index >= 15 is 0 Å². The van der Waals surface area contributed by atoms with Gasteiger partial charge in [0.05, 0.1) is 32.1 Å². The summed E-state index contributed by atoms with van der Waals surface area (Å²) in [6.07, 6.45) is 3.83. The zero-order chi connectivity index (χ0) is 24.8. The van der Waals surface area contributed by atoms with E-state index in [1.54, 1.807) is 17.0 Å². The molecule has 2 aromatic rings. The van der Waals surface area contributed by atoms with Crippen LogP contribution in [0.4, 0.5) is 11.4 Å². The molecule has 2 aliphatic heterocycles. The molecule has 1 fully saturated rings. The molecule has 2 aromatic carbocycles. The van der Waals surface area contributed by atoms with Crippen LogP contribution in [0.2, 0.25) is 0 Å². The third-order valence-corrected chi connectivity index (χ3v) is 6.21. The number of amides is 3. The maximum absolute atomic E-state index is 13.1. The van der Waals surface area contributed by atoms with E-state index in [9.17, 15) is 14.4 Å². The first-order valence-corrected chi connectivity index (χ1v) is 11.9. The van der Waals surface area contributed by atoms with Gasteiger partial charge < -0.3 is 29.7 Å². The summed E-state index contributed by atoms with van der Waals surface area (Å²) in [5.74, 6) is 1.25. The third-order valence-electron chi connectivity index (χ3n) is 6.21. The molecule has 0 bridgehead atoms. The molecule has 0 radical (unpaired) electrons. The Balaban J connectivity index is 1.35. The number of hydrogen-bond donors (Lipinski definition) is 2. The summed E-state index contributed by atoms with van der Waals surface area (Å²) in [6.45, 7) is 1.77.